The molecule has 4 heteroatoms. The van der Waals surface area contributed by atoms with Crippen LogP contribution in [0, 0.1) is 0 Å². The zero-order chi connectivity index (χ0) is 14.5. The van der Waals surface area contributed by atoms with Crippen molar-refractivity contribution in [2.75, 3.05) is 0 Å². The van der Waals surface area contributed by atoms with Crippen LogP contribution in [0.25, 0.3) is 5.57 Å². The molecule has 0 aliphatic rings. The molecule has 102 valence electrons. The molecular formula is C16H11BrF2O. The topological polar surface area (TPSA) is 17.1 Å². The van der Waals surface area contributed by atoms with Crippen molar-refractivity contribution in [3.8, 4) is 0 Å². The van der Waals surface area contributed by atoms with Crippen molar-refractivity contribution < 1.29 is 13.6 Å². The summed E-state index contributed by atoms with van der Waals surface area (Å²) < 4.78 is 26.9. The van der Waals surface area contributed by atoms with E-state index in [0.29, 0.717) is 11.1 Å². The van der Waals surface area contributed by atoms with Gasteiger partial charge in [0.2, 0.25) is 0 Å². The lowest BCUT2D eigenvalue weighted by atomic mass is 9.98. The Kier molecular flexibility index (Phi) is 4.79. The molecule has 2 rings (SSSR count). The summed E-state index contributed by atoms with van der Waals surface area (Å²) in [6.07, 6.45) is -2.13. The Morgan fingerprint density at radius 2 is 1.50 bits per heavy atom. The lowest BCUT2D eigenvalue weighted by Gasteiger charge is -2.06. The standard InChI is InChI=1S/C16H11BrF2O/c17-13-8-6-12(7-9-13)15(20)10-14(16(18)19)11-4-2-1-3-5-11/h1-9H,10H2. The molecule has 0 amide bonds. The maximum atomic E-state index is 13.0. The number of hydrogen-bond acceptors (Lipinski definition) is 1. The van der Waals surface area contributed by atoms with E-state index in [4.69, 9.17) is 0 Å². The molecule has 20 heavy (non-hydrogen) atoms. The fourth-order valence-electron chi connectivity index (χ4n) is 1.82. The molecule has 0 atom stereocenters. The minimum atomic E-state index is -1.82. The molecule has 0 saturated carbocycles. The molecule has 0 unspecified atom stereocenters. The number of carbonyl (C=O) groups is 1. The number of rotatable bonds is 4. The predicted molar refractivity (Wildman–Crippen MR) is 78.7 cm³/mol. The zero-order valence-electron chi connectivity index (χ0n) is 10.4. The second-order valence-electron chi connectivity index (χ2n) is 4.21. The Labute approximate surface area is 124 Å². The Morgan fingerprint density at radius 1 is 0.900 bits per heavy atom. The Hall–Kier alpha value is -1.81. The van der Waals surface area contributed by atoms with Gasteiger partial charge in [0.25, 0.3) is 6.08 Å². The third-order valence-corrected chi connectivity index (χ3v) is 3.38. The summed E-state index contributed by atoms with van der Waals surface area (Å²) in [6, 6.07) is 14.9. The van der Waals surface area contributed by atoms with Crippen LogP contribution in [0.5, 0.6) is 0 Å². The van der Waals surface area contributed by atoms with E-state index in [0.717, 1.165) is 4.47 Å². The summed E-state index contributed by atoms with van der Waals surface area (Å²) in [5.74, 6) is -0.329. The summed E-state index contributed by atoms with van der Waals surface area (Å²) in [4.78, 5) is 12.1. The highest BCUT2D eigenvalue weighted by molar-refractivity contribution is 9.10. The van der Waals surface area contributed by atoms with Gasteiger partial charge >= 0.3 is 0 Å². The Balaban J connectivity index is 2.24. The first-order valence-electron chi connectivity index (χ1n) is 5.96. The number of benzene rings is 2. The average Bonchev–Trinajstić information content (AvgIpc) is 2.46. The Bertz CT molecular complexity index is 629. The highest BCUT2D eigenvalue weighted by atomic mass is 79.9. The lowest BCUT2D eigenvalue weighted by molar-refractivity contribution is 0.0997. The number of halogens is 3. The van der Waals surface area contributed by atoms with Crippen molar-refractivity contribution in [1.29, 1.82) is 0 Å². The average molecular weight is 337 g/mol. The first-order valence-corrected chi connectivity index (χ1v) is 6.75. The molecule has 0 N–H and O–H groups in total. The molecule has 1 nitrogen and oxygen atoms in total. The first kappa shape index (κ1) is 14.6. The van der Waals surface area contributed by atoms with Gasteiger partial charge in [0, 0.05) is 22.0 Å². The zero-order valence-corrected chi connectivity index (χ0v) is 12.0. The molecule has 0 aliphatic carbocycles. The second-order valence-corrected chi connectivity index (χ2v) is 5.13. The van der Waals surface area contributed by atoms with Crippen LogP contribution >= 0.6 is 15.9 Å². The number of ketones is 1. The van der Waals surface area contributed by atoms with Crippen LogP contribution in [0.1, 0.15) is 22.3 Å². The van der Waals surface area contributed by atoms with Crippen LogP contribution < -0.4 is 0 Å². The van der Waals surface area contributed by atoms with Crippen LogP contribution in [0.2, 0.25) is 0 Å². The van der Waals surface area contributed by atoms with Crippen molar-refractivity contribution in [3.63, 3.8) is 0 Å². The van der Waals surface area contributed by atoms with Gasteiger partial charge in [-0.2, -0.15) is 8.78 Å². The van der Waals surface area contributed by atoms with Gasteiger partial charge in [0.05, 0.1) is 0 Å². The second kappa shape index (κ2) is 6.57. The summed E-state index contributed by atoms with van der Waals surface area (Å²) in [5.41, 5.74) is 0.569. The maximum absolute atomic E-state index is 13.0. The van der Waals surface area contributed by atoms with E-state index in [1.807, 2.05) is 0 Å². The van der Waals surface area contributed by atoms with Gasteiger partial charge in [-0.3, -0.25) is 4.79 Å². The van der Waals surface area contributed by atoms with Gasteiger partial charge < -0.3 is 0 Å². The molecule has 0 aromatic heterocycles. The summed E-state index contributed by atoms with van der Waals surface area (Å²) in [6.45, 7) is 0. The maximum Gasteiger partial charge on any atom is 0.274 e. The number of hydrogen-bond donors (Lipinski definition) is 0. The molecule has 0 bridgehead atoms. The first-order chi connectivity index (χ1) is 9.58. The molecule has 0 spiro atoms. The minimum absolute atomic E-state index is 0.224. The van der Waals surface area contributed by atoms with Crippen molar-refractivity contribution in [2.24, 2.45) is 0 Å². The minimum Gasteiger partial charge on any atom is -0.294 e. The van der Waals surface area contributed by atoms with E-state index >= 15 is 0 Å². The van der Waals surface area contributed by atoms with Crippen LogP contribution in [0.15, 0.2) is 65.2 Å². The normalized spacial score (nSPS) is 10.2. The monoisotopic (exact) mass is 336 g/mol. The van der Waals surface area contributed by atoms with E-state index < -0.39 is 6.08 Å². The van der Waals surface area contributed by atoms with Gasteiger partial charge in [-0.25, -0.2) is 0 Å². The third-order valence-electron chi connectivity index (χ3n) is 2.85. The SMILES string of the molecule is O=C(CC(=C(F)F)c1ccccc1)c1ccc(Br)cc1. The molecule has 0 heterocycles. The van der Waals surface area contributed by atoms with Crippen molar-refractivity contribution in [2.45, 2.75) is 6.42 Å². The Morgan fingerprint density at radius 3 is 2.05 bits per heavy atom. The quantitative estimate of drug-likeness (QED) is 0.689. The van der Waals surface area contributed by atoms with Gasteiger partial charge in [-0.1, -0.05) is 58.4 Å². The van der Waals surface area contributed by atoms with Crippen LogP contribution in [0.3, 0.4) is 0 Å². The summed E-state index contributed by atoms with van der Waals surface area (Å²) >= 11 is 3.26. The molecular weight excluding hydrogens is 326 g/mol. The lowest BCUT2D eigenvalue weighted by Crippen LogP contribution is -2.01. The third kappa shape index (κ3) is 3.61. The smallest absolute Gasteiger partial charge is 0.274 e. The van der Waals surface area contributed by atoms with E-state index in [2.05, 4.69) is 15.9 Å². The highest BCUT2D eigenvalue weighted by Crippen LogP contribution is 2.26. The van der Waals surface area contributed by atoms with E-state index in [9.17, 15) is 13.6 Å². The number of allylic oxidation sites excluding steroid dienone is 1. The van der Waals surface area contributed by atoms with Crippen molar-refractivity contribution in [3.05, 3.63) is 76.3 Å². The number of Topliss-reactive ketones (excluding diaryl/α,β-unsaturated/α-hetero) is 1. The predicted octanol–water partition coefficient (Wildman–Crippen LogP) is 5.33. The van der Waals surface area contributed by atoms with Gasteiger partial charge in [-0.05, 0) is 17.7 Å². The fraction of sp³-hybridized carbons (Fsp3) is 0.0625. The van der Waals surface area contributed by atoms with Gasteiger partial charge in [0.15, 0.2) is 5.78 Å². The summed E-state index contributed by atoms with van der Waals surface area (Å²) in [5, 5.41) is 0. The van der Waals surface area contributed by atoms with Crippen LogP contribution in [-0.2, 0) is 0 Å². The fourth-order valence-corrected chi connectivity index (χ4v) is 2.08. The molecule has 2 aromatic carbocycles. The molecule has 0 fully saturated rings. The number of carbonyl (C=O) groups excluding carboxylic acids is 1. The molecule has 2 aromatic rings. The van der Waals surface area contributed by atoms with Crippen LogP contribution in [-0.4, -0.2) is 5.78 Å². The van der Waals surface area contributed by atoms with Crippen molar-refractivity contribution >= 4 is 27.3 Å². The van der Waals surface area contributed by atoms with Gasteiger partial charge in [0.1, 0.15) is 0 Å². The van der Waals surface area contributed by atoms with Crippen molar-refractivity contribution in [1.82, 2.24) is 0 Å². The highest BCUT2D eigenvalue weighted by Gasteiger charge is 2.15. The molecule has 0 saturated heterocycles. The molecule has 0 radical (unpaired) electrons. The van der Waals surface area contributed by atoms with E-state index in [1.165, 1.54) is 0 Å². The van der Waals surface area contributed by atoms with E-state index in [1.54, 1.807) is 54.6 Å². The summed E-state index contributed by atoms with van der Waals surface area (Å²) in [7, 11) is 0. The largest absolute Gasteiger partial charge is 0.294 e. The van der Waals surface area contributed by atoms with Crippen LogP contribution in [0.4, 0.5) is 8.78 Å². The van der Waals surface area contributed by atoms with Gasteiger partial charge in [-0.15, -0.1) is 0 Å². The molecule has 0 aliphatic heterocycles. The van der Waals surface area contributed by atoms with E-state index in [-0.39, 0.29) is 17.8 Å².